The molecule has 4 saturated carbocycles. The topological polar surface area (TPSA) is 104 Å². The highest BCUT2D eigenvalue weighted by molar-refractivity contribution is 5.87. The van der Waals surface area contributed by atoms with Crippen molar-refractivity contribution in [2.24, 2.45) is 50.2 Å². The Kier molecular flexibility index (Phi) is 7.70. The fraction of sp³-hybridized carbons (Fsp3) is 0.692. The lowest BCUT2D eigenvalue weighted by Crippen LogP contribution is -2.66. The zero-order valence-electron chi connectivity index (χ0n) is 28.2. The van der Waals surface area contributed by atoms with Gasteiger partial charge in [0.05, 0.1) is 18.1 Å². The maximum absolute atomic E-state index is 12.9. The van der Waals surface area contributed by atoms with Crippen molar-refractivity contribution in [3.05, 3.63) is 47.6 Å². The first kappa shape index (κ1) is 32.3. The van der Waals surface area contributed by atoms with Gasteiger partial charge in [-0.1, -0.05) is 65.3 Å². The maximum atomic E-state index is 12.9. The number of allylic oxidation sites excluding steroid dienone is 2. The number of benzene rings is 1. The summed E-state index contributed by atoms with van der Waals surface area (Å²) in [6.07, 6.45) is 14.0. The minimum Gasteiger partial charge on any atom is -0.508 e. The largest absolute Gasteiger partial charge is 0.508 e. The van der Waals surface area contributed by atoms with Gasteiger partial charge in [0.1, 0.15) is 5.75 Å². The van der Waals surface area contributed by atoms with Crippen LogP contribution in [0.25, 0.3) is 6.08 Å². The van der Waals surface area contributed by atoms with E-state index >= 15 is 0 Å². The molecule has 0 spiro atoms. The molecule has 4 fully saturated rings. The number of hydrogen-bond acceptors (Lipinski definition) is 5. The van der Waals surface area contributed by atoms with E-state index in [1.807, 2.05) is 0 Å². The highest BCUT2D eigenvalue weighted by Crippen LogP contribution is 2.75. The van der Waals surface area contributed by atoms with Gasteiger partial charge in [0.2, 0.25) is 0 Å². The summed E-state index contributed by atoms with van der Waals surface area (Å²) in [7, 11) is 0. The molecule has 0 heterocycles. The minimum absolute atomic E-state index is 0.0291. The number of phenolic OH excluding ortho intramolecular Hbond substituents is 1. The number of carbonyl (C=O) groups excluding carboxylic acids is 1. The Morgan fingerprint density at radius 1 is 0.911 bits per heavy atom. The van der Waals surface area contributed by atoms with Gasteiger partial charge in [-0.05, 0) is 127 Å². The quantitative estimate of drug-likeness (QED) is 0.175. The summed E-state index contributed by atoms with van der Waals surface area (Å²) < 4.78 is 5.87. The van der Waals surface area contributed by atoms with Gasteiger partial charge in [0.25, 0.3) is 0 Å². The summed E-state index contributed by atoms with van der Waals surface area (Å²) in [5.41, 5.74) is 1.11. The summed E-state index contributed by atoms with van der Waals surface area (Å²) >= 11 is 0. The van der Waals surface area contributed by atoms with Gasteiger partial charge < -0.3 is 20.1 Å². The average Bonchev–Trinajstić information content (AvgIpc) is 2.98. The molecule has 5 aliphatic carbocycles. The number of aliphatic hydroxyl groups is 1. The van der Waals surface area contributed by atoms with Crippen LogP contribution in [0.15, 0.2) is 42.0 Å². The normalized spacial score (nSPS) is 43.7. The Hall–Kier alpha value is -2.60. The molecule has 0 aliphatic heterocycles. The molecule has 0 radical (unpaired) electrons. The van der Waals surface area contributed by atoms with Crippen molar-refractivity contribution < 1.29 is 29.6 Å². The average molecular weight is 619 g/mol. The number of carboxylic acids is 1. The molecular weight excluding hydrogens is 564 g/mol. The Labute approximate surface area is 269 Å². The highest BCUT2D eigenvalue weighted by atomic mass is 16.5. The molecular formula is C39H54O6. The van der Waals surface area contributed by atoms with Crippen molar-refractivity contribution in [2.75, 3.05) is 6.61 Å². The Balaban J connectivity index is 1.27. The highest BCUT2D eigenvalue weighted by Gasteiger charge is 2.69. The molecule has 45 heavy (non-hydrogen) atoms. The number of aliphatic carboxylic acids is 1. The molecule has 246 valence electrons. The van der Waals surface area contributed by atoms with E-state index in [0.29, 0.717) is 12.3 Å². The van der Waals surface area contributed by atoms with Crippen LogP contribution < -0.4 is 0 Å². The predicted octanol–water partition coefficient (Wildman–Crippen LogP) is 8.18. The van der Waals surface area contributed by atoms with Crippen LogP contribution in [0.1, 0.15) is 111 Å². The molecule has 0 saturated heterocycles. The molecule has 3 N–H and O–H groups in total. The molecule has 6 nitrogen and oxygen atoms in total. The summed E-state index contributed by atoms with van der Waals surface area (Å²) in [6.45, 7) is 14.3. The summed E-state index contributed by atoms with van der Waals surface area (Å²) in [4.78, 5) is 25.8. The second-order valence-electron chi connectivity index (χ2n) is 17.3. The van der Waals surface area contributed by atoms with Crippen LogP contribution in [-0.4, -0.2) is 40.0 Å². The number of phenols is 1. The standard InChI is InChI=1S/C39H54O6/c1-34(2)19-21-39(33(43)44)22-20-37(5)27(28(39)23-34)12-13-30-35(3)17-16-31(41)36(4,29(35)15-18-38(30,37)6)24-45-32(42)14-9-25-7-10-26(40)11-8-25/h7-12,14,28-31,40-41H,13,15-24H2,1-6H3,(H,43,44)/b14-9-/t28-,29+,30+,31-,35-,36-,37+,38+,39-/m1/s1. The molecule has 5 aliphatic rings. The molecule has 6 rings (SSSR count). The fourth-order valence-electron chi connectivity index (χ4n) is 11.7. The first-order valence-electron chi connectivity index (χ1n) is 17.3. The van der Waals surface area contributed by atoms with Gasteiger partial charge in [0.15, 0.2) is 0 Å². The smallest absolute Gasteiger partial charge is 0.330 e. The minimum atomic E-state index is -0.640. The third-order valence-electron chi connectivity index (χ3n) is 14.7. The lowest BCUT2D eigenvalue weighted by Gasteiger charge is -2.71. The molecule has 1 aromatic carbocycles. The number of rotatable bonds is 5. The van der Waals surface area contributed by atoms with E-state index in [0.717, 1.165) is 63.4 Å². The van der Waals surface area contributed by atoms with Gasteiger partial charge in [0, 0.05) is 11.5 Å². The summed E-state index contributed by atoms with van der Waals surface area (Å²) in [6, 6.07) is 6.64. The zero-order valence-corrected chi connectivity index (χ0v) is 28.2. The van der Waals surface area contributed by atoms with Gasteiger partial charge in [-0.25, -0.2) is 4.79 Å². The molecule has 0 amide bonds. The molecule has 0 unspecified atom stereocenters. The van der Waals surface area contributed by atoms with Crippen molar-refractivity contribution in [2.45, 2.75) is 112 Å². The van der Waals surface area contributed by atoms with Crippen LogP contribution in [0.5, 0.6) is 5.75 Å². The summed E-state index contributed by atoms with van der Waals surface area (Å²) in [5.74, 6) is -0.152. The van der Waals surface area contributed by atoms with Crippen molar-refractivity contribution in [1.82, 2.24) is 0 Å². The van der Waals surface area contributed by atoms with Crippen molar-refractivity contribution in [3.63, 3.8) is 0 Å². The molecule has 9 atom stereocenters. The summed E-state index contributed by atoms with van der Waals surface area (Å²) in [5, 5.41) is 31.6. The van der Waals surface area contributed by atoms with Gasteiger partial charge in [-0.3, -0.25) is 4.79 Å². The van der Waals surface area contributed by atoms with Crippen molar-refractivity contribution >= 4 is 18.0 Å². The lowest BCUT2D eigenvalue weighted by atomic mass is 9.33. The van der Waals surface area contributed by atoms with E-state index in [1.54, 1.807) is 30.3 Å². The third kappa shape index (κ3) is 4.83. The second-order valence-corrected chi connectivity index (χ2v) is 17.3. The van der Waals surface area contributed by atoms with Gasteiger partial charge in [-0.15, -0.1) is 0 Å². The maximum Gasteiger partial charge on any atom is 0.330 e. The van der Waals surface area contributed by atoms with Crippen LogP contribution in [0.3, 0.4) is 0 Å². The Morgan fingerprint density at radius 2 is 1.60 bits per heavy atom. The zero-order chi connectivity index (χ0) is 32.6. The van der Waals surface area contributed by atoms with E-state index in [4.69, 9.17) is 4.74 Å². The van der Waals surface area contributed by atoms with Gasteiger partial charge in [-0.2, -0.15) is 0 Å². The first-order valence-corrected chi connectivity index (χ1v) is 17.3. The number of aromatic hydroxyl groups is 1. The first-order chi connectivity index (χ1) is 21.0. The number of carbonyl (C=O) groups is 2. The van der Waals surface area contributed by atoms with Gasteiger partial charge >= 0.3 is 11.9 Å². The SMILES string of the molecule is CC1(C)CC[C@@]2(C(=O)O)CC[C@@]3(C)C(=CC[C@H]4[C@]5(C)CC[C@@H](O)[C@](C)(COC(=O)/C=C\c6ccc(O)cc6)[C@H]5CC[C@@]43C)[C@H]2C1. The number of hydrogen-bond donors (Lipinski definition) is 3. The number of aliphatic hydroxyl groups excluding tert-OH is 1. The number of carboxylic acid groups (broad SMARTS) is 1. The molecule has 0 bridgehead atoms. The molecule has 0 aromatic heterocycles. The van der Waals surface area contributed by atoms with E-state index in [2.05, 4.69) is 47.6 Å². The van der Waals surface area contributed by atoms with E-state index in [-0.39, 0.29) is 45.9 Å². The predicted molar refractivity (Wildman–Crippen MR) is 175 cm³/mol. The number of fused-ring (bicyclic) bond motifs is 7. The van der Waals surface area contributed by atoms with Crippen molar-refractivity contribution in [1.29, 1.82) is 0 Å². The van der Waals surface area contributed by atoms with Crippen molar-refractivity contribution in [3.8, 4) is 5.75 Å². The molecule has 1 aromatic rings. The van der Waals surface area contributed by atoms with Crippen LogP contribution >= 0.6 is 0 Å². The van der Waals surface area contributed by atoms with Crippen LogP contribution in [0, 0.1) is 50.2 Å². The second kappa shape index (κ2) is 10.7. The van der Waals surface area contributed by atoms with Crippen LogP contribution in [-0.2, 0) is 14.3 Å². The van der Waals surface area contributed by atoms with E-state index < -0.39 is 28.9 Å². The van der Waals surface area contributed by atoms with E-state index in [9.17, 15) is 24.9 Å². The monoisotopic (exact) mass is 618 g/mol. The Bertz CT molecular complexity index is 1410. The number of esters is 1. The number of ether oxygens (including phenoxy) is 1. The van der Waals surface area contributed by atoms with E-state index in [1.165, 1.54) is 11.6 Å². The molecule has 6 heteroatoms. The fourth-order valence-corrected chi connectivity index (χ4v) is 11.7. The van der Waals surface area contributed by atoms with Crippen LogP contribution in [0.2, 0.25) is 0 Å². The van der Waals surface area contributed by atoms with Crippen LogP contribution in [0.4, 0.5) is 0 Å². The Morgan fingerprint density at radius 3 is 2.29 bits per heavy atom. The third-order valence-corrected chi connectivity index (χ3v) is 14.7. The lowest BCUT2D eigenvalue weighted by molar-refractivity contribution is -0.219.